The quantitative estimate of drug-likeness (QED) is 0.452. The van der Waals surface area contributed by atoms with Crippen LogP contribution >= 0.6 is 0 Å². The van der Waals surface area contributed by atoms with E-state index in [1.54, 1.807) is 33.1 Å². The fourth-order valence-electron chi connectivity index (χ4n) is 2.63. The molecule has 0 unspecified atom stereocenters. The van der Waals surface area contributed by atoms with Gasteiger partial charge in [-0.15, -0.1) is 11.0 Å². The molecular weight excluding hydrogens is 370 g/mol. The van der Waals surface area contributed by atoms with Crippen molar-refractivity contribution in [1.29, 1.82) is 0 Å². The molecule has 0 aliphatic rings. The number of carbonyl (C=O) groups is 1. The molecule has 1 heterocycles. The number of carbonyl (C=O) groups excluding carboxylic acids is 1. The highest BCUT2D eigenvalue weighted by Gasteiger charge is 2.23. The molecule has 0 atom stereocenters. The third-order valence-corrected chi connectivity index (χ3v) is 3.97. The molecule has 0 aliphatic heterocycles. The molecule has 3 aromatic rings. The molecule has 0 radical (unpaired) electrons. The van der Waals surface area contributed by atoms with Gasteiger partial charge in [-0.05, 0) is 49.7 Å². The maximum Gasteiger partial charge on any atom is 0.364 e. The Kier molecular flexibility index (Phi) is 6.48. The molecule has 0 saturated heterocycles. The standard InChI is InChI=1S/C22H21N3O4/c1-4-7-16-8-6-9-19(14-16)29-21-20(22(26)28-5-2)23-24-25(21)15-17-10-12-18(27-3)13-11-17/h6,8-14H,5,15H2,1-3H3. The van der Waals surface area contributed by atoms with Crippen LogP contribution in [0.4, 0.5) is 0 Å². The van der Waals surface area contributed by atoms with E-state index in [1.165, 1.54) is 4.68 Å². The zero-order chi connectivity index (χ0) is 20.6. The lowest BCUT2D eigenvalue weighted by Gasteiger charge is -2.10. The molecule has 0 N–H and O–H groups in total. The monoisotopic (exact) mass is 391 g/mol. The Balaban J connectivity index is 1.94. The topological polar surface area (TPSA) is 75.5 Å². The smallest absolute Gasteiger partial charge is 0.364 e. The van der Waals surface area contributed by atoms with Crippen molar-refractivity contribution in [2.24, 2.45) is 0 Å². The Morgan fingerprint density at radius 3 is 2.62 bits per heavy atom. The van der Waals surface area contributed by atoms with Crippen molar-refractivity contribution < 1.29 is 19.0 Å². The lowest BCUT2D eigenvalue weighted by molar-refractivity contribution is 0.0516. The number of aromatic nitrogens is 3. The number of esters is 1. The third kappa shape index (κ3) is 4.93. The summed E-state index contributed by atoms with van der Waals surface area (Å²) in [5, 5.41) is 8.07. The summed E-state index contributed by atoms with van der Waals surface area (Å²) in [6.07, 6.45) is 0. The predicted molar refractivity (Wildman–Crippen MR) is 107 cm³/mol. The summed E-state index contributed by atoms with van der Waals surface area (Å²) in [5.74, 6) is 6.73. The average Bonchev–Trinajstić information content (AvgIpc) is 3.11. The van der Waals surface area contributed by atoms with Gasteiger partial charge in [-0.2, -0.15) is 0 Å². The van der Waals surface area contributed by atoms with Crippen LogP contribution in [-0.4, -0.2) is 34.7 Å². The molecular formula is C22H21N3O4. The largest absolute Gasteiger partial charge is 0.497 e. The number of methoxy groups -OCH3 is 1. The number of benzene rings is 2. The van der Waals surface area contributed by atoms with Gasteiger partial charge in [-0.3, -0.25) is 0 Å². The van der Waals surface area contributed by atoms with Gasteiger partial charge in [0.25, 0.3) is 5.88 Å². The molecule has 0 amide bonds. The molecule has 1 aromatic heterocycles. The summed E-state index contributed by atoms with van der Waals surface area (Å²) >= 11 is 0. The fourth-order valence-corrected chi connectivity index (χ4v) is 2.63. The van der Waals surface area contributed by atoms with Gasteiger partial charge in [0.2, 0.25) is 5.69 Å². The van der Waals surface area contributed by atoms with Crippen LogP contribution < -0.4 is 9.47 Å². The van der Waals surface area contributed by atoms with E-state index >= 15 is 0 Å². The number of rotatable bonds is 7. The highest BCUT2D eigenvalue weighted by atomic mass is 16.5. The van der Waals surface area contributed by atoms with Crippen LogP contribution in [0.2, 0.25) is 0 Å². The summed E-state index contributed by atoms with van der Waals surface area (Å²) in [6.45, 7) is 4.08. The van der Waals surface area contributed by atoms with Crippen LogP contribution in [0.15, 0.2) is 48.5 Å². The summed E-state index contributed by atoms with van der Waals surface area (Å²) in [7, 11) is 1.61. The zero-order valence-electron chi connectivity index (χ0n) is 16.5. The second-order valence-electron chi connectivity index (χ2n) is 5.97. The van der Waals surface area contributed by atoms with Crippen LogP contribution in [0.3, 0.4) is 0 Å². The van der Waals surface area contributed by atoms with Gasteiger partial charge in [-0.1, -0.05) is 29.3 Å². The first-order valence-corrected chi connectivity index (χ1v) is 9.08. The first-order chi connectivity index (χ1) is 14.1. The fraction of sp³-hybridized carbons (Fsp3) is 0.227. The van der Waals surface area contributed by atoms with E-state index in [4.69, 9.17) is 14.2 Å². The van der Waals surface area contributed by atoms with Gasteiger partial charge in [0.1, 0.15) is 11.5 Å². The van der Waals surface area contributed by atoms with Gasteiger partial charge in [0.05, 0.1) is 20.3 Å². The Morgan fingerprint density at radius 1 is 1.14 bits per heavy atom. The van der Waals surface area contributed by atoms with Gasteiger partial charge in [0, 0.05) is 5.56 Å². The predicted octanol–water partition coefficient (Wildman–Crippen LogP) is 3.68. The molecule has 7 nitrogen and oxygen atoms in total. The molecule has 0 bridgehead atoms. The second-order valence-corrected chi connectivity index (χ2v) is 5.97. The Labute approximate surface area is 169 Å². The van der Waals surface area contributed by atoms with E-state index in [2.05, 4.69) is 22.2 Å². The lowest BCUT2D eigenvalue weighted by Crippen LogP contribution is -2.09. The minimum Gasteiger partial charge on any atom is -0.497 e. The van der Waals surface area contributed by atoms with Gasteiger partial charge >= 0.3 is 5.97 Å². The van der Waals surface area contributed by atoms with Crippen LogP contribution in [0.25, 0.3) is 0 Å². The molecule has 0 fully saturated rings. The molecule has 7 heteroatoms. The van der Waals surface area contributed by atoms with Gasteiger partial charge < -0.3 is 14.2 Å². The Hall–Kier alpha value is -3.79. The van der Waals surface area contributed by atoms with Crippen molar-refractivity contribution in [1.82, 2.24) is 15.0 Å². The molecule has 2 aromatic carbocycles. The zero-order valence-corrected chi connectivity index (χ0v) is 16.5. The van der Waals surface area contributed by atoms with Crippen LogP contribution in [0.1, 0.15) is 35.5 Å². The average molecular weight is 391 g/mol. The van der Waals surface area contributed by atoms with E-state index in [0.29, 0.717) is 12.3 Å². The maximum atomic E-state index is 12.3. The molecule has 29 heavy (non-hydrogen) atoms. The molecule has 0 spiro atoms. The van der Waals surface area contributed by atoms with Crippen molar-refractivity contribution in [2.45, 2.75) is 20.4 Å². The van der Waals surface area contributed by atoms with Crippen LogP contribution in [-0.2, 0) is 11.3 Å². The molecule has 0 aliphatic carbocycles. The first kappa shape index (κ1) is 20.0. The van der Waals surface area contributed by atoms with Gasteiger partial charge in [0.15, 0.2) is 0 Å². The highest BCUT2D eigenvalue weighted by Crippen LogP contribution is 2.26. The van der Waals surface area contributed by atoms with E-state index < -0.39 is 5.97 Å². The minimum absolute atomic E-state index is 0.0207. The third-order valence-electron chi connectivity index (χ3n) is 3.97. The van der Waals surface area contributed by atoms with E-state index in [-0.39, 0.29) is 18.2 Å². The number of hydrogen-bond acceptors (Lipinski definition) is 6. The van der Waals surface area contributed by atoms with Crippen molar-refractivity contribution >= 4 is 5.97 Å². The van der Waals surface area contributed by atoms with Crippen molar-refractivity contribution in [3.63, 3.8) is 0 Å². The van der Waals surface area contributed by atoms with Crippen LogP contribution in [0, 0.1) is 11.8 Å². The number of hydrogen-bond donors (Lipinski definition) is 0. The molecule has 3 rings (SSSR count). The van der Waals surface area contributed by atoms with E-state index in [0.717, 1.165) is 16.9 Å². The maximum absolute atomic E-state index is 12.3. The first-order valence-electron chi connectivity index (χ1n) is 9.08. The van der Waals surface area contributed by atoms with E-state index in [9.17, 15) is 4.79 Å². The number of nitrogens with zero attached hydrogens (tertiary/aromatic N) is 3. The SMILES string of the molecule is CC#Cc1cccc(Oc2c(C(=O)OCC)nnn2Cc2ccc(OC)cc2)c1. The van der Waals surface area contributed by atoms with Crippen LogP contribution in [0.5, 0.6) is 17.4 Å². The second kappa shape index (κ2) is 9.42. The Morgan fingerprint density at radius 2 is 1.93 bits per heavy atom. The van der Waals surface area contributed by atoms with Crippen molar-refractivity contribution in [2.75, 3.05) is 13.7 Å². The Bertz CT molecular complexity index is 1050. The molecule has 0 saturated carbocycles. The lowest BCUT2D eigenvalue weighted by atomic mass is 10.2. The van der Waals surface area contributed by atoms with Gasteiger partial charge in [-0.25, -0.2) is 9.48 Å². The van der Waals surface area contributed by atoms with Crippen molar-refractivity contribution in [3.05, 3.63) is 65.4 Å². The minimum atomic E-state index is -0.590. The van der Waals surface area contributed by atoms with E-state index in [1.807, 2.05) is 36.4 Å². The molecule has 148 valence electrons. The normalized spacial score (nSPS) is 10.0. The van der Waals surface area contributed by atoms with Crippen molar-refractivity contribution in [3.8, 4) is 29.2 Å². The number of ether oxygens (including phenoxy) is 3. The summed E-state index contributed by atoms with van der Waals surface area (Å²) in [6, 6.07) is 14.8. The highest BCUT2D eigenvalue weighted by molar-refractivity contribution is 5.89. The summed E-state index contributed by atoms with van der Waals surface area (Å²) < 4.78 is 17.8. The summed E-state index contributed by atoms with van der Waals surface area (Å²) in [5.41, 5.74) is 1.77. The summed E-state index contributed by atoms with van der Waals surface area (Å²) in [4.78, 5) is 12.3.